The minimum absolute atomic E-state index is 0.223. The Bertz CT molecular complexity index is 697. The molecule has 3 nitrogen and oxygen atoms in total. The van der Waals surface area contributed by atoms with Gasteiger partial charge in [0.05, 0.1) is 12.3 Å². The van der Waals surface area contributed by atoms with Crippen LogP contribution in [0, 0.1) is 5.41 Å². The molecule has 0 radical (unpaired) electrons. The number of nitrogens with one attached hydrogen (secondary N) is 1. The van der Waals surface area contributed by atoms with Gasteiger partial charge in [0.1, 0.15) is 11.5 Å². The van der Waals surface area contributed by atoms with Crippen molar-refractivity contribution in [3.05, 3.63) is 70.7 Å². The standard InChI is InChI=1S/C21H27NO2S/c1-15(11-13-25)17(3)14-18(4)21(22)16(2)6-5-12-24-20-9-7-19(23)8-10-20/h7-11,13-14,22-23,25H,2,5-6,12H2,1,3-4H3/b13-11-,17-15+,18-14+,22-21?. The summed E-state index contributed by atoms with van der Waals surface area (Å²) in [4.78, 5) is 0. The highest BCUT2D eigenvalue weighted by Crippen LogP contribution is 2.18. The molecule has 0 amide bonds. The van der Waals surface area contributed by atoms with Gasteiger partial charge in [-0.1, -0.05) is 18.7 Å². The molecule has 134 valence electrons. The number of rotatable bonds is 9. The van der Waals surface area contributed by atoms with Crippen molar-refractivity contribution in [2.45, 2.75) is 33.6 Å². The highest BCUT2D eigenvalue weighted by molar-refractivity contribution is 7.83. The number of ether oxygens (including phenoxy) is 1. The fourth-order valence-electron chi connectivity index (χ4n) is 2.18. The zero-order valence-corrected chi connectivity index (χ0v) is 16.1. The van der Waals surface area contributed by atoms with Crippen LogP contribution >= 0.6 is 12.6 Å². The third-order valence-corrected chi connectivity index (χ3v) is 4.00. The van der Waals surface area contributed by atoms with E-state index in [0.29, 0.717) is 18.7 Å². The van der Waals surface area contributed by atoms with Gasteiger partial charge in [0, 0.05) is 0 Å². The molecule has 1 aromatic rings. The number of phenols is 1. The van der Waals surface area contributed by atoms with Crippen molar-refractivity contribution in [1.29, 1.82) is 5.41 Å². The van der Waals surface area contributed by atoms with E-state index in [2.05, 4.69) is 19.2 Å². The summed E-state index contributed by atoms with van der Waals surface area (Å²) in [7, 11) is 0. The highest BCUT2D eigenvalue weighted by atomic mass is 32.1. The van der Waals surface area contributed by atoms with Gasteiger partial charge in [-0.25, -0.2) is 0 Å². The normalized spacial score (nSPS) is 12.9. The summed E-state index contributed by atoms with van der Waals surface area (Å²) in [5.41, 5.74) is 4.41. The third-order valence-electron chi connectivity index (χ3n) is 3.86. The maximum absolute atomic E-state index is 9.23. The number of aromatic hydroxyl groups is 1. The average Bonchev–Trinajstić information content (AvgIpc) is 2.59. The van der Waals surface area contributed by atoms with Gasteiger partial charge in [0.25, 0.3) is 0 Å². The van der Waals surface area contributed by atoms with Crippen LogP contribution < -0.4 is 4.74 Å². The van der Waals surface area contributed by atoms with Gasteiger partial charge >= 0.3 is 0 Å². The largest absolute Gasteiger partial charge is 0.508 e. The first-order chi connectivity index (χ1) is 11.8. The van der Waals surface area contributed by atoms with Gasteiger partial charge in [-0.05, 0) is 85.6 Å². The fraction of sp³-hybridized carbons (Fsp3) is 0.286. The molecule has 0 spiro atoms. The molecule has 0 atom stereocenters. The number of thiol groups is 1. The van der Waals surface area contributed by atoms with E-state index < -0.39 is 0 Å². The highest BCUT2D eigenvalue weighted by Gasteiger charge is 2.06. The Balaban J connectivity index is 2.49. The van der Waals surface area contributed by atoms with Gasteiger partial charge in [-0.2, -0.15) is 12.6 Å². The molecule has 0 aliphatic carbocycles. The van der Waals surface area contributed by atoms with Gasteiger partial charge in [0.15, 0.2) is 0 Å². The Hall–Kier alpha value is -2.20. The first-order valence-corrected chi connectivity index (χ1v) is 8.72. The molecule has 0 aromatic heterocycles. The Labute approximate surface area is 156 Å². The lowest BCUT2D eigenvalue weighted by Crippen LogP contribution is -2.05. The second-order valence-corrected chi connectivity index (χ2v) is 6.23. The van der Waals surface area contributed by atoms with Crippen molar-refractivity contribution in [2.75, 3.05) is 6.61 Å². The number of hydrogen-bond acceptors (Lipinski definition) is 4. The lowest BCUT2D eigenvalue weighted by molar-refractivity contribution is 0.311. The van der Waals surface area contributed by atoms with Crippen molar-refractivity contribution in [3.63, 3.8) is 0 Å². The predicted molar refractivity (Wildman–Crippen MR) is 110 cm³/mol. The van der Waals surface area contributed by atoms with Crippen LogP contribution in [0.3, 0.4) is 0 Å². The molecule has 0 fully saturated rings. The molecule has 0 unspecified atom stereocenters. The van der Waals surface area contributed by atoms with E-state index in [1.165, 1.54) is 0 Å². The van der Waals surface area contributed by atoms with Crippen LogP contribution in [0.15, 0.2) is 70.7 Å². The van der Waals surface area contributed by atoms with E-state index in [-0.39, 0.29) is 5.75 Å². The van der Waals surface area contributed by atoms with Gasteiger partial charge in [-0.15, -0.1) is 0 Å². The van der Waals surface area contributed by atoms with E-state index in [0.717, 1.165) is 34.5 Å². The van der Waals surface area contributed by atoms with Crippen molar-refractivity contribution < 1.29 is 9.84 Å². The molecule has 0 bridgehead atoms. The summed E-state index contributed by atoms with van der Waals surface area (Å²) in [6.07, 6.45) is 5.43. The zero-order chi connectivity index (χ0) is 18.8. The molecule has 0 aliphatic rings. The molecule has 1 rings (SSSR count). The van der Waals surface area contributed by atoms with Crippen molar-refractivity contribution in [1.82, 2.24) is 0 Å². The third kappa shape index (κ3) is 7.48. The summed E-state index contributed by atoms with van der Waals surface area (Å²) in [6.45, 7) is 10.5. The van der Waals surface area contributed by atoms with Crippen molar-refractivity contribution >= 4 is 18.3 Å². The minimum atomic E-state index is 0.223. The first kappa shape index (κ1) is 20.8. The van der Waals surface area contributed by atoms with Crippen LogP contribution in [-0.2, 0) is 0 Å². The maximum atomic E-state index is 9.23. The maximum Gasteiger partial charge on any atom is 0.119 e. The number of benzene rings is 1. The second-order valence-electron chi connectivity index (χ2n) is 5.93. The summed E-state index contributed by atoms with van der Waals surface area (Å²) in [5, 5.41) is 19.2. The number of hydrogen-bond donors (Lipinski definition) is 3. The lowest BCUT2D eigenvalue weighted by atomic mass is 9.98. The molecule has 4 heteroatoms. The Kier molecular flexibility index (Phi) is 8.86. The van der Waals surface area contributed by atoms with E-state index in [9.17, 15) is 5.11 Å². The van der Waals surface area contributed by atoms with Crippen LogP contribution in [0.5, 0.6) is 11.5 Å². The number of allylic oxidation sites excluding steroid dienone is 6. The smallest absolute Gasteiger partial charge is 0.119 e. The molecular formula is C21H27NO2S. The van der Waals surface area contributed by atoms with Gasteiger partial charge in [-0.3, -0.25) is 0 Å². The van der Waals surface area contributed by atoms with Crippen molar-refractivity contribution in [2.24, 2.45) is 0 Å². The monoisotopic (exact) mass is 357 g/mol. The molecule has 0 saturated carbocycles. The molecule has 1 aromatic carbocycles. The van der Waals surface area contributed by atoms with Crippen LogP contribution in [0.2, 0.25) is 0 Å². The predicted octanol–water partition coefficient (Wildman–Crippen LogP) is 5.85. The van der Waals surface area contributed by atoms with E-state index in [4.69, 9.17) is 10.1 Å². The molecule has 0 saturated heterocycles. The van der Waals surface area contributed by atoms with E-state index in [1.807, 2.05) is 32.9 Å². The molecule has 0 aliphatic heterocycles. The Morgan fingerprint density at radius 3 is 2.44 bits per heavy atom. The summed E-state index contributed by atoms with van der Waals surface area (Å²) in [6, 6.07) is 6.66. The molecule has 2 N–H and O–H groups in total. The van der Waals surface area contributed by atoms with Gasteiger partial charge in [0.2, 0.25) is 0 Å². The quantitative estimate of drug-likeness (QED) is 0.225. The summed E-state index contributed by atoms with van der Waals surface area (Å²) in [5.74, 6) is 0.948. The van der Waals surface area contributed by atoms with Crippen molar-refractivity contribution in [3.8, 4) is 11.5 Å². The van der Waals surface area contributed by atoms with Crippen LogP contribution in [-0.4, -0.2) is 17.4 Å². The zero-order valence-electron chi connectivity index (χ0n) is 15.2. The summed E-state index contributed by atoms with van der Waals surface area (Å²) >= 11 is 4.08. The average molecular weight is 358 g/mol. The van der Waals surface area contributed by atoms with Gasteiger partial charge < -0.3 is 15.3 Å². The second kappa shape index (κ2) is 10.6. The Morgan fingerprint density at radius 2 is 1.84 bits per heavy atom. The molecule has 0 heterocycles. The van der Waals surface area contributed by atoms with Crippen LogP contribution in [0.4, 0.5) is 0 Å². The first-order valence-electron chi connectivity index (χ1n) is 8.20. The summed E-state index contributed by atoms with van der Waals surface area (Å²) < 4.78 is 5.61. The van der Waals surface area contributed by atoms with Crippen LogP contribution in [0.1, 0.15) is 33.6 Å². The molecule has 25 heavy (non-hydrogen) atoms. The topological polar surface area (TPSA) is 53.3 Å². The fourth-order valence-corrected chi connectivity index (χ4v) is 2.40. The SMILES string of the molecule is C=C(CCCOc1ccc(O)cc1)C(=N)/C(C)=C/C(C)=C(C)/C=C\S. The minimum Gasteiger partial charge on any atom is -0.508 e. The number of phenolic OH excluding ortho intramolecular Hbond substituents is 1. The van der Waals surface area contributed by atoms with E-state index in [1.54, 1.807) is 29.7 Å². The molecular weight excluding hydrogens is 330 g/mol. The van der Waals surface area contributed by atoms with Crippen LogP contribution in [0.25, 0.3) is 0 Å². The lowest BCUT2D eigenvalue weighted by Gasteiger charge is -2.10. The Morgan fingerprint density at radius 1 is 1.20 bits per heavy atom. The van der Waals surface area contributed by atoms with E-state index >= 15 is 0 Å².